The molecule has 94 valence electrons. The fraction of sp³-hybridized carbons (Fsp3) is 0.556. The van der Waals surface area contributed by atoms with Crippen LogP contribution in [-0.4, -0.2) is 38.1 Å². The van der Waals surface area contributed by atoms with E-state index in [1.807, 2.05) is 0 Å². The summed E-state index contributed by atoms with van der Waals surface area (Å²) in [6.45, 7) is 1.59. The SMILES string of the molecule is C[C@H]1O[C@@H](n2cc(Cl)c(N)nc2=O)[C@@H](O)[C@@H]1O. The third kappa shape index (κ3) is 2.02. The van der Waals surface area contributed by atoms with Gasteiger partial charge in [0.1, 0.15) is 18.0 Å². The number of anilines is 1. The number of rotatable bonds is 1. The van der Waals surface area contributed by atoms with Crippen molar-refractivity contribution in [1.82, 2.24) is 9.55 Å². The van der Waals surface area contributed by atoms with E-state index in [0.717, 1.165) is 4.57 Å². The molecule has 1 saturated heterocycles. The Bertz CT molecular complexity index is 492. The van der Waals surface area contributed by atoms with Gasteiger partial charge in [-0.05, 0) is 6.92 Å². The lowest BCUT2D eigenvalue weighted by Crippen LogP contribution is -2.35. The number of hydrogen-bond acceptors (Lipinski definition) is 6. The lowest BCUT2D eigenvalue weighted by atomic mass is 10.1. The number of ether oxygens (including phenoxy) is 1. The van der Waals surface area contributed by atoms with Crippen molar-refractivity contribution in [1.29, 1.82) is 0 Å². The van der Waals surface area contributed by atoms with E-state index in [4.69, 9.17) is 22.1 Å². The van der Waals surface area contributed by atoms with Crippen molar-refractivity contribution >= 4 is 17.4 Å². The van der Waals surface area contributed by atoms with Gasteiger partial charge in [0.05, 0.1) is 11.1 Å². The monoisotopic (exact) mass is 261 g/mol. The predicted octanol–water partition coefficient (Wildman–Crippen LogP) is -0.882. The molecule has 0 radical (unpaired) electrons. The van der Waals surface area contributed by atoms with Gasteiger partial charge in [-0.3, -0.25) is 4.57 Å². The molecule has 0 unspecified atom stereocenters. The van der Waals surface area contributed by atoms with Crippen LogP contribution in [0.25, 0.3) is 0 Å². The van der Waals surface area contributed by atoms with Crippen LogP contribution in [0.5, 0.6) is 0 Å². The minimum Gasteiger partial charge on any atom is -0.388 e. The maximum Gasteiger partial charge on any atom is 0.351 e. The molecule has 1 aliphatic rings. The summed E-state index contributed by atoms with van der Waals surface area (Å²) in [6, 6.07) is 0. The highest BCUT2D eigenvalue weighted by molar-refractivity contribution is 6.32. The van der Waals surface area contributed by atoms with Gasteiger partial charge in [0, 0.05) is 6.20 Å². The lowest BCUT2D eigenvalue weighted by Gasteiger charge is -2.17. The lowest BCUT2D eigenvalue weighted by molar-refractivity contribution is -0.0349. The molecule has 0 saturated carbocycles. The second kappa shape index (κ2) is 4.26. The average molecular weight is 262 g/mol. The summed E-state index contributed by atoms with van der Waals surface area (Å²) in [5, 5.41) is 19.4. The normalized spacial score (nSPS) is 32.9. The average Bonchev–Trinajstić information content (AvgIpc) is 2.51. The number of aliphatic hydroxyl groups excluding tert-OH is 2. The smallest absolute Gasteiger partial charge is 0.351 e. The molecule has 8 heteroatoms. The van der Waals surface area contributed by atoms with E-state index in [9.17, 15) is 15.0 Å². The standard InChI is InChI=1S/C9H12ClN3O4/c1-3-5(14)6(15)8(17-3)13-2-4(10)7(11)12-9(13)16/h2-3,5-6,8,14-15H,1H3,(H2,11,12,16)/t3-,5-,6+,8-/m1/s1. The molecule has 1 aliphatic heterocycles. The van der Waals surface area contributed by atoms with Gasteiger partial charge in [0.2, 0.25) is 0 Å². The molecule has 0 spiro atoms. The molecule has 17 heavy (non-hydrogen) atoms. The quantitative estimate of drug-likeness (QED) is 0.605. The highest BCUT2D eigenvalue weighted by Crippen LogP contribution is 2.28. The number of nitrogens with two attached hydrogens (primary N) is 1. The van der Waals surface area contributed by atoms with E-state index < -0.39 is 30.2 Å². The van der Waals surface area contributed by atoms with Crippen molar-refractivity contribution in [2.45, 2.75) is 31.5 Å². The summed E-state index contributed by atoms with van der Waals surface area (Å²) >= 11 is 5.74. The topological polar surface area (TPSA) is 111 Å². The first kappa shape index (κ1) is 12.3. The van der Waals surface area contributed by atoms with Crippen LogP contribution in [0, 0.1) is 0 Å². The molecule has 0 amide bonds. The number of aromatic nitrogens is 2. The highest BCUT2D eigenvalue weighted by atomic mass is 35.5. The molecule has 1 aromatic rings. The second-order valence-electron chi connectivity index (χ2n) is 3.88. The molecule has 2 heterocycles. The summed E-state index contributed by atoms with van der Waals surface area (Å²) < 4.78 is 6.28. The predicted molar refractivity (Wildman–Crippen MR) is 59.5 cm³/mol. The molecule has 0 bridgehead atoms. The zero-order valence-corrected chi connectivity index (χ0v) is 9.70. The number of nitrogens with zero attached hydrogens (tertiary/aromatic N) is 2. The van der Waals surface area contributed by atoms with E-state index in [2.05, 4.69) is 4.98 Å². The number of halogens is 1. The first-order valence-electron chi connectivity index (χ1n) is 4.97. The second-order valence-corrected chi connectivity index (χ2v) is 4.28. The van der Waals surface area contributed by atoms with Crippen LogP contribution in [0.4, 0.5) is 5.82 Å². The maximum absolute atomic E-state index is 11.6. The minimum atomic E-state index is -1.22. The van der Waals surface area contributed by atoms with Crippen molar-refractivity contribution in [2.24, 2.45) is 0 Å². The Morgan fingerprint density at radius 2 is 2.18 bits per heavy atom. The molecule has 7 nitrogen and oxygen atoms in total. The first-order valence-corrected chi connectivity index (χ1v) is 5.35. The van der Waals surface area contributed by atoms with Crippen molar-refractivity contribution in [3.05, 3.63) is 21.7 Å². The zero-order valence-electron chi connectivity index (χ0n) is 8.95. The van der Waals surface area contributed by atoms with Crippen LogP contribution in [-0.2, 0) is 4.74 Å². The molecule has 2 rings (SSSR count). The number of hydrogen-bond donors (Lipinski definition) is 3. The molecule has 4 atom stereocenters. The Labute approximate surface area is 101 Å². The van der Waals surface area contributed by atoms with E-state index in [-0.39, 0.29) is 10.8 Å². The van der Waals surface area contributed by atoms with Crippen LogP contribution in [0.2, 0.25) is 5.02 Å². The van der Waals surface area contributed by atoms with Gasteiger partial charge in [0.15, 0.2) is 6.23 Å². The summed E-state index contributed by atoms with van der Waals surface area (Å²) in [6.07, 6.45) is -2.66. The zero-order chi connectivity index (χ0) is 12.7. The van der Waals surface area contributed by atoms with Gasteiger partial charge in [-0.1, -0.05) is 11.6 Å². The fourth-order valence-electron chi connectivity index (χ4n) is 1.70. The van der Waals surface area contributed by atoms with E-state index in [1.165, 1.54) is 6.20 Å². The van der Waals surface area contributed by atoms with E-state index >= 15 is 0 Å². The number of aliphatic hydroxyl groups is 2. The van der Waals surface area contributed by atoms with Gasteiger partial charge in [-0.15, -0.1) is 0 Å². The molecule has 1 aromatic heterocycles. The van der Waals surface area contributed by atoms with E-state index in [0.29, 0.717) is 0 Å². The Hall–Kier alpha value is -1.15. The summed E-state index contributed by atoms with van der Waals surface area (Å²) in [7, 11) is 0. The Balaban J connectivity index is 2.42. The third-order valence-electron chi connectivity index (χ3n) is 2.69. The summed E-state index contributed by atoms with van der Waals surface area (Å²) in [5.41, 5.74) is 4.67. The maximum atomic E-state index is 11.6. The summed E-state index contributed by atoms with van der Waals surface area (Å²) in [4.78, 5) is 15.1. The van der Waals surface area contributed by atoms with Crippen molar-refractivity contribution < 1.29 is 14.9 Å². The molecule has 4 N–H and O–H groups in total. The van der Waals surface area contributed by atoms with Gasteiger partial charge in [-0.25, -0.2) is 4.79 Å². The third-order valence-corrected chi connectivity index (χ3v) is 2.98. The van der Waals surface area contributed by atoms with Crippen molar-refractivity contribution in [3.8, 4) is 0 Å². The Morgan fingerprint density at radius 1 is 1.53 bits per heavy atom. The van der Waals surface area contributed by atoms with Gasteiger partial charge < -0.3 is 20.7 Å². The largest absolute Gasteiger partial charge is 0.388 e. The Kier molecular flexibility index (Phi) is 3.09. The molecule has 1 fully saturated rings. The van der Waals surface area contributed by atoms with Crippen LogP contribution in [0.1, 0.15) is 13.2 Å². The Morgan fingerprint density at radius 3 is 2.71 bits per heavy atom. The molecular weight excluding hydrogens is 250 g/mol. The molecule has 0 aromatic carbocycles. The van der Waals surface area contributed by atoms with E-state index in [1.54, 1.807) is 6.92 Å². The summed E-state index contributed by atoms with van der Waals surface area (Å²) in [5.74, 6) is -0.0889. The van der Waals surface area contributed by atoms with Gasteiger partial charge >= 0.3 is 5.69 Å². The van der Waals surface area contributed by atoms with Gasteiger partial charge in [-0.2, -0.15) is 4.98 Å². The van der Waals surface area contributed by atoms with Crippen LogP contribution >= 0.6 is 11.6 Å². The van der Waals surface area contributed by atoms with Crippen molar-refractivity contribution in [3.63, 3.8) is 0 Å². The van der Waals surface area contributed by atoms with Crippen LogP contribution in [0.3, 0.4) is 0 Å². The van der Waals surface area contributed by atoms with Crippen LogP contribution in [0.15, 0.2) is 11.0 Å². The fourth-order valence-corrected chi connectivity index (χ4v) is 1.84. The van der Waals surface area contributed by atoms with Crippen molar-refractivity contribution in [2.75, 3.05) is 5.73 Å². The number of nitrogen functional groups attached to an aromatic ring is 1. The highest BCUT2D eigenvalue weighted by Gasteiger charge is 2.41. The van der Waals surface area contributed by atoms with Gasteiger partial charge in [0.25, 0.3) is 0 Å². The first-order chi connectivity index (χ1) is 7.91. The van der Waals surface area contributed by atoms with Crippen LogP contribution < -0.4 is 11.4 Å². The minimum absolute atomic E-state index is 0.0782. The molecule has 0 aliphatic carbocycles. The molecular formula is C9H12ClN3O4.